The fourth-order valence-electron chi connectivity index (χ4n) is 2.76. The van der Waals surface area contributed by atoms with E-state index < -0.39 is 0 Å². The summed E-state index contributed by atoms with van der Waals surface area (Å²) in [7, 11) is 0. The zero-order valence-electron chi connectivity index (χ0n) is 13.6. The Morgan fingerprint density at radius 1 is 0.680 bits per heavy atom. The Morgan fingerprint density at radius 3 is 1.72 bits per heavy atom. The number of halogens is 1. The van der Waals surface area contributed by atoms with Gasteiger partial charge >= 0.3 is 0 Å². The maximum absolute atomic E-state index is 4.73. The molecule has 122 valence electrons. The number of allylic oxidation sites excluding steroid dienone is 4. The van der Waals surface area contributed by atoms with Crippen molar-refractivity contribution in [1.29, 1.82) is 0 Å². The van der Waals surface area contributed by atoms with Crippen LogP contribution < -0.4 is 0 Å². The molecule has 0 saturated carbocycles. The molecule has 0 radical (unpaired) electrons. The lowest BCUT2D eigenvalue weighted by atomic mass is 10.1. The summed E-state index contributed by atoms with van der Waals surface area (Å²) in [5.41, 5.74) is 3.01. The summed E-state index contributed by atoms with van der Waals surface area (Å²) in [6.45, 7) is 0. The van der Waals surface area contributed by atoms with Gasteiger partial charge in [0.15, 0.2) is 17.5 Å². The lowest BCUT2D eigenvalue weighted by Gasteiger charge is -2.11. The minimum absolute atomic E-state index is 0.695. The summed E-state index contributed by atoms with van der Waals surface area (Å²) in [5.74, 6) is 2.10. The highest BCUT2D eigenvalue weighted by molar-refractivity contribution is 9.11. The van der Waals surface area contributed by atoms with Gasteiger partial charge in [-0.2, -0.15) is 0 Å². The van der Waals surface area contributed by atoms with Gasteiger partial charge in [-0.15, -0.1) is 0 Å². The summed E-state index contributed by atoms with van der Waals surface area (Å²) in [5, 5.41) is 0. The van der Waals surface area contributed by atoms with Gasteiger partial charge in [-0.05, 0) is 23.4 Å². The Bertz CT molecular complexity index is 890. The lowest BCUT2D eigenvalue weighted by molar-refractivity contribution is 1.000. The van der Waals surface area contributed by atoms with Gasteiger partial charge in [0.25, 0.3) is 0 Å². The summed E-state index contributed by atoms with van der Waals surface area (Å²) < 4.78 is 1.17. The Morgan fingerprint density at radius 2 is 1.20 bits per heavy atom. The van der Waals surface area contributed by atoms with Crippen LogP contribution in [0.2, 0.25) is 0 Å². The van der Waals surface area contributed by atoms with Crippen LogP contribution in [-0.2, 0) is 0 Å². The van der Waals surface area contributed by atoms with E-state index in [1.165, 1.54) is 4.48 Å². The molecule has 2 aromatic carbocycles. The quantitative estimate of drug-likeness (QED) is 0.579. The molecule has 3 nitrogen and oxygen atoms in total. The molecule has 0 bridgehead atoms. The van der Waals surface area contributed by atoms with Crippen molar-refractivity contribution in [2.75, 3.05) is 0 Å². The normalized spacial score (nSPS) is 14.0. The monoisotopic (exact) mass is 389 g/mol. The standard InChI is InChI=1S/C21H16BrN3/c22-18-13-7-12-17(14-18)21-24-19(15-8-3-1-4-9-15)23-20(25-21)16-10-5-2-6-11-16/h1-6,8-12,14H,7,13H2. The Kier molecular flexibility index (Phi) is 4.53. The van der Waals surface area contributed by atoms with Gasteiger partial charge in [0.1, 0.15) is 0 Å². The highest BCUT2D eigenvalue weighted by Gasteiger charge is 2.14. The second kappa shape index (κ2) is 7.11. The predicted octanol–water partition coefficient (Wildman–Crippen LogP) is 5.66. The van der Waals surface area contributed by atoms with Crippen LogP contribution >= 0.6 is 15.9 Å². The topological polar surface area (TPSA) is 38.7 Å². The van der Waals surface area contributed by atoms with Gasteiger partial charge in [0.05, 0.1) is 0 Å². The second-order valence-electron chi connectivity index (χ2n) is 5.83. The number of benzene rings is 2. The molecule has 1 aliphatic carbocycles. The van der Waals surface area contributed by atoms with Gasteiger partial charge in [0.2, 0.25) is 0 Å². The first-order chi connectivity index (χ1) is 12.3. The van der Waals surface area contributed by atoms with Crippen LogP contribution in [0.25, 0.3) is 28.3 Å². The minimum Gasteiger partial charge on any atom is -0.208 e. The van der Waals surface area contributed by atoms with Gasteiger partial charge in [-0.25, -0.2) is 15.0 Å². The molecule has 1 aliphatic rings. The number of rotatable bonds is 3. The second-order valence-corrected chi connectivity index (χ2v) is 6.85. The third kappa shape index (κ3) is 3.59. The molecule has 1 aromatic heterocycles. The van der Waals surface area contributed by atoms with E-state index >= 15 is 0 Å². The minimum atomic E-state index is 0.695. The molecule has 0 unspecified atom stereocenters. The molecule has 4 rings (SSSR count). The van der Waals surface area contributed by atoms with Crippen LogP contribution in [-0.4, -0.2) is 15.0 Å². The van der Waals surface area contributed by atoms with Crippen molar-refractivity contribution >= 4 is 21.5 Å². The van der Waals surface area contributed by atoms with Gasteiger partial charge < -0.3 is 0 Å². The Hall–Kier alpha value is -2.59. The molecule has 0 spiro atoms. The molecule has 0 amide bonds. The lowest BCUT2D eigenvalue weighted by Crippen LogP contribution is -2.03. The molecule has 0 N–H and O–H groups in total. The van der Waals surface area contributed by atoms with Crippen LogP contribution in [0.3, 0.4) is 0 Å². The Balaban J connectivity index is 1.88. The van der Waals surface area contributed by atoms with Crippen LogP contribution in [0.15, 0.2) is 77.3 Å². The van der Waals surface area contributed by atoms with Gasteiger partial charge in [-0.3, -0.25) is 0 Å². The van der Waals surface area contributed by atoms with Crippen LogP contribution in [0.4, 0.5) is 0 Å². The van der Waals surface area contributed by atoms with Crippen molar-refractivity contribution < 1.29 is 0 Å². The molecular weight excluding hydrogens is 374 g/mol. The molecule has 3 aromatic rings. The molecule has 25 heavy (non-hydrogen) atoms. The van der Waals surface area contributed by atoms with Crippen molar-refractivity contribution in [3.05, 3.63) is 83.1 Å². The van der Waals surface area contributed by atoms with E-state index in [-0.39, 0.29) is 0 Å². The average Bonchev–Trinajstić information content (AvgIpc) is 2.69. The maximum atomic E-state index is 4.73. The van der Waals surface area contributed by atoms with Crippen molar-refractivity contribution in [3.8, 4) is 22.8 Å². The van der Waals surface area contributed by atoms with E-state index in [0.717, 1.165) is 29.5 Å². The first kappa shape index (κ1) is 15.9. The number of nitrogens with zero attached hydrogens (tertiary/aromatic N) is 3. The maximum Gasteiger partial charge on any atom is 0.164 e. The van der Waals surface area contributed by atoms with Gasteiger partial charge in [-0.1, -0.05) is 82.7 Å². The van der Waals surface area contributed by atoms with Crippen molar-refractivity contribution in [2.24, 2.45) is 0 Å². The summed E-state index contributed by atoms with van der Waals surface area (Å²) in [6, 6.07) is 20.1. The molecular formula is C21H16BrN3. The smallest absolute Gasteiger partial charge is 0.164 e. The van der Waals surface area contributed by atoms with Crippen LogP contribution in [0, 0.1) is 0 Å². The fourth-order valence-corrected chi connectivity index (χ4v) is 3.23. The average molecular weight is 390 g/mol. The number of aromatic nitrogens is 3. The molecule has 1 heterocycles. The summed E-state index contributed by atoms with van der Waals surface area (Å²) >= 11 is 3.60. The Labute approximate surface area is 155 Å². The van der Waals surface area contributed by atoms with E-state index in [2.05, 4.69) is 28.1 Å². The summed E-state index contributed by atoms with van der Waals surface area (Å²) in [6.07, 6.45) is 6.29. The molecule has 0 saturated heterocycles. The third-order valence-corrected chi connectivity index (χ3v) is 4.64. The third-order valence-electron chi connectivity index (χ3n) is 4.02. The van der Waals surface area contributed by atoms with E-state index in [1.807, 2.05) is 60.7 Å². The summed E-state index contributed by atoms with van der Waals surface area (Å²) in [4.78, 5) is 14.2. The molecule has 0 fully saturated rings. The van der Waals surface area contributed by atoms with Crippen molar-refractivity contribution in [3.63, 3.8) is 0 Å². The molecule has 0 atom stereocenters. The zero-order valence-corrected chi connectivity index (χ0v) is 15.1. The first-order valence-electron chi connectivity index (χ1n) is 8.23. The highest BCUT2D eigenvalue weighted by Crippen LogP contribution is 2.28. The number of hydrogen-bond donors (Lipinski definition) is 0. The molecule has 0 aliphatic heterocycles. The highest BCUT2D eigenvalue weighted by atomic mass is 79.9. The zero-order chi connectivity index (χ0) is 17.1. The van der Waals surface area contributed by atoms with Gasteiger partial charge in [0, 0.05) is 16.7 Å². The molecule has 4 heteroatoms. The van der Waals surface area contributed by atoms with E-state index in [4.69, 9.17) is 15.0 Å². The van der Waals surface area contributed by atoms with Crippen molar-refractivity contribution in [2.45, 2.75) is 12.8 Å². The first-order valence-corrected chi connectivity index (χ1v) is 9.02. The van der Waals surface area contributed by atoms with Crippen molar-refractivity contribution in [1.82, 2.24) is 15.0 Å². The SMILES string of the molecule is BrC1=CC(c2nc(-c3ccccc3)nc(-c3ccccc3)n2)=CCC1. The van der Waals surface area contributed by atoms with E-state index in [0.29, 0.717) is 17.5 Å². The predicted molar refractivity (Wildman–Crippen MR) is 105 cm³/mol. The number of hydrogen-bond acceptors (Lipinski definition) is 3. The van der Waals surface area contributed by atoms with Crippen LogP contribution in [0.1, 0.15) is 18.7 Å². The fraction of sp³-hybridized carbons (Fsp3) is 0.0952. The van der Waals surface area contributed by atoms with E-state index in [1.54, 1.807) is 0 Å². The van der Waals surface area contributed by atoms with Crippen LogP contribution in [0.5, 0.6) is 0 Å². The largest absolute Gasteiger partial charge is 0.208 e. The van der Waals surface area contributed by atoms with E-state index in [9.17, 15) is 0 Å².